The zero-order valence-electron chi connectivity index (χ0n) is 19.5. The highest BCUT2D eigenvalue weighted by atomic mass is 16.5. The van der Waals surface area contributed by atoms with Crippen molar-refractivity contribution in [1.29, 1.82) is 0 Å². The van der Waals surface area contributed by atoms with Crippen LogP contribution in [0.15, 0.2) is 53.5 Å². The van der Waals surface area contributed by atoms with Crippen LogP contribution >= 0.6 is 0 Å². The van der Waals surface area contributed by atoms with Crippen LogP contribution in [0.1, 0.15) is 34.8 Å². The Bertz CT molecular complexity index is 1390. The van der Waals surface area contributed by atoms with E-state index >= 15 is 0 Å². The number of rotatable bonds is 6. The molecule has 5 rings (SSSR count). The lowest BCUT2D eigenvalue weighted by molar-refractivity contribution is 0.0675. The van der Waals surface area contributed by atoms with Crippen molar-refractivity contribution in [2.75, 3.05) is 38.3 Å². The van der Waals surface area contributed by atoms with Gasteiger partial charge in [-0.05, 0) is 49.6 Å². The van der Waals surface area contributed by atoms with Crippen LogP contribution < -0.4 is 15.8 Å². The number of pyridine rings is 1. The average molecular weight is 460 g/mol. The van der Waals surface area contributed by atoms with Crippen molar-refractivity contribution in [2.45, 2.75) is 25.8 Å². The molecule has 1 amide bonds. The number of nitrogens with one attached hydrogen (secondary N) is 2. The summed E-state index contributed by atoms with van der Waals surface area (Å²) in [5, 5.41) is 8.97. The molecule has 2 aromatic carbocycles. The molecule has 0 radical (unpaired) electrons. The summed E-state index contributed by atoms with van der Waals surface area (Å²) in [6.07, 6.45) is 3.32. The number of aromatic amines is 1. The fourth-order valence-electron chi connectivity index (χ4n) is 4.69. The van der Waals surface area contributed by atoms with Crippen LogP contribution in [0.5, 0.6) is 0 Å². The van der Waals surface area contributed by atoms with Crippen molar-refractivity contribution in [3.63, 3.8) is 0 Å². The van der Waals surface area contributed by atoms with E-state index in [0.717, 1.165) is 35.0 Å². The SMILES string of the molecule is Cc1cc2[nH]c(=O)c3cnn(C4CCOCC4)c3c2cc1C(=O)NCCN(C)c1ccccc1. The number of benzene rings is 2. The van der Waals surface area contributed by atoms with E-state index in [2.05, 4.69) is 20.3 Å². The molecule has 2 aromatic heterocycles. The lowest BCUT2D eigenvalue weighted by atomic mass is 10.0. The molecule has 0 spiro atoms. The topological polar surface area (TPSA) is 92.2 Å². The van der Waals surface area contributed by atoms with Gasteiger partial charge in [-0.2, -0.15) is 5.10 Å². The van der Waals surface area contributed by atoms with Gasteiger partial charge in [-0.15, -0.1) is 0 Å². The van der Waals surface area contributed by atoms with Crippen LogP contribution in [0.25, 0.3) is 21.8 Å². The van der Waals surface area contributed by atoms with Gasteiger partial charge >= 0.3 is 0 Å². The maximum atomic E-state index is 13.1. The molecule has 2 N–H and O–H groups in total. The van der Waals surface area contributed by atoms with Crippen molar-refractivity contribution in [2.24, 2.45) is 0 Å². The van der Waals surface area contributed by atoms with E-state index in [0.29, 0.717) is 42.8 Å². The van der Waals surface area contributed by atoms with Gasteiger partial charge in [-0.3, -0.25) is 14.3 Å². The summed E-state index contributed by atoms with van der Waals surface area (Å²) in [5.41, 5.74) is 3.84. The summed E-state index contributed by atoms with van der Waals surface area (Å²) in [7, 11) is 2.01. The molecular weight excluding hydrogens is 430 g/mol. The maximum Gasteiger partial charge on any atom is 0.259 e. The van der Waals surface area contributed by atoms with Crippen LogP contribution in [0.2, 0.25) is 0 Å². The van der Waals surface area contributed by atoms with Crippen LogP contribution in [-0.4, -0.2) is 54.0 Å². The van der Waals surface area contributed by atoms with Crippen molar-refractivity contribution in [1.82, 2.24) is 20.1 Å². The van der Waals surface area contributed by atoms with Crippen LogP contribution in [-0.2, 0) is 4.74 Å². The van der Waals surface area contributed by atoms with Gasteiger partial charge in [0.25, 0.3) is 11.5 Å². The molecule has 8 nitrogen and oxygen atoms in total. The quantitative estimate of drug-likeness (QED) is 0.461. The van der Waals surface area contributed by atoms with Crippen molar-refractivity contribution >= 4 is 33.4 Å². The predicted molar refractivity (Wildman–Crippen MR) is 134 cm³/mol. The summed E-state index contributed by atoms with van der Waals surface area (Å²) in [6.45, 7) is 4.45. The second-order valence-electron chi connectivity index (χ2n) is 8.87. The van der Waals surface area contributed by atoms with E-state index in [-0.39, 0.29) is 17.5 Å². The number of carbonyl (C=O) groups is 1. The molecule has 1 aliphatic rings. The van der Waals surface area contributed by atoms with E-state index in [9.17, 15) is 9.59 Å². The summed E-state index contributed by atoms with van der Waals surface area (Å²) in [5.74, 6) is -0.127. The van der Waals surface area contributed by atoms with Crippen molar-refractivity contribution in [3.05, 3.63) is 70.1 Å². The van der Waals surface area contributed by atoms with Crippen molar-refractivity contribution < 1.29 is 9.53 Å². The first-order valence-corrected chi connectivity index (χ1v) is 11.7. The summed E-state index contributed by atoms with van der Waals surface area (Å²) >= 11 is 0. The van der Waals surface area contributed by atoms with Crippen LogP contribution in [0, 0.1) is 6.92 Å². The van der Waals surface area contributed by atoms with Crippen LogP contribution in [0.4, 0.5) is 5.69 Å². The van der Waals surface area contributed by atoms with E-state index < -0.39 is 0 Å². The molecule has 0 unspecified atom stereocenters. The van der Waals surface area contributed by atoms with E-state index in [1.54, 1.807) is 6.20 Å². The smallest absolute Gasteiger partial charge is 0.259 e. The fourth-order valence-corrected chi connectivity index (χ4v) is 4.69. The van der Waals surface area contributed by atoms with Crippen molar-refractivity contribution in [3.8, 4) is 0 Å². The number of carbonyl (C=O) groups excluding carboxylic acids is 1. The average Bonchev–Trinajstić information content (AvgIpc) is 3.31. The first kappa shape index (κ1) is 22.2. The van der Waals surface area contributed by atoms with Gasteiger partial charge in [-0.1, -0.05) is 18.2 Å². The predicted octanol–water partition coefficient (Wildman–Crippen LogP) is 3.40. The summed E-state index contributed by atoms with van der Waals surface area (Å²) in [4.78, 5) is 30.9. The molecular formula is C26H29N5O3. The third-order valence-electron chi connectivity index (χ3n) is 6.62. The third kappa shape index (κ3) is 4.17. The molecule has 0 aliphatic carbocycles. The minimum Gasteiger partial charge on any atom is -0.381 e. The largest absolute Gasteiger partial charge is 0.381 e. The van der Waals surface area contributed by atoms with Gasteiger partial charge in [0.2, 0.25) is 0 Å². The lowest BCUT2D eigenvalue weighted by Crippen LogP contribution is -2.33. The summed E-state index contributed by atoms with van der Waals surface area (Å²) in [6, 6.07) is 14.0. The van der Waals surface area contributed by atoms with Gasteiger partial charge in [0.1, 0.15) is 0 Å². The number of ether oxygens (including phenoxy) is 1. The molecule has 0 bridgehead atoms. The zero-order valence-corrected chi connectivity index (χ0v) is 19.5. The third-order valence-corrected chi connectivity index (χ3v) is 6.62. The Morgan fingerprint density at radius 2 is 1.97 bits per heavy atom. The van der Waals surface area contributed by atoms with Gasteiger partial charge in [0.15, 0.2) is 0 Å². The van der Waals surface area contributed by atoms with Crippen LogP contribution in [0.3, 0.4) is 0 Å². The van der Waals surface area contributed by atoms with Gasteiger partial charge in [-0.25, -0.2) is 0 Å². The minimum atomic E-state index is -0.165. The first-order valence-electron chi connectivity index (χ1n) is 11.7. The molecule has 1 fully saturated rings. The van der Waals surface area contributed by atoms with E-state index in [1.165, 1.54) is 0 Å². The Morgan fingerprint density at radius 1 is 1.21 bits per heavy atom. The molecule has 34 heavy (non-hydrogen) atoms. The molecule has 0 saturated carbocycles. The number of hydrogen-bond donors (Lipinski definition) is 2. The Balaban J connectivity index is 1.44. The second-order valence-corrected chi connectivity index (χ2v) is 8.87. The van der Waals surface area contributed by atoms with E-state index in [4.69, 9.17) is 4.74 Å². The Morgan fingerprint density at radius 3 is 2.74 bits per heavy atom. The number of amides is 1. The van der Waals surface area contributed by atoms with Gasteiger partial charge in [0.05, 0.1) is 28.7 Å². The standard InChI is InChI=1S/C26H29N5O3/c1-17-14-23-21(15-20(17)25(32)27-10-11-30(2)18-6-4-3-5-7-18)24-22(26(33)29-23)16-28-31(24)19-8-12-34-13-9-19/h3-7,14-16,19H,8-13H2,1-2H3,(H,27,32)(H,29,33). The normalized spacial score (nSPS) is 14.5. The highest BCUT2D eigenvalue weighted by Crippen LogP contribution is 2.29. The Kier molecular flexibility index (Phi) is 6.06. The number of anilines is 1. The number of aromatic nitrogens is 3. The van der Waals surface area contributed by atoms with Gasteiger partial charge < -0.3 is 19.9 Å². The molecule has 8 heteroatoms. The first-order chi connectivity index (χ1) is 16.5. The Labute approximate surface area is 197 Å². The van der Waals surface area contributed by atoms with E-state index in [1.807, 2.05) is 61.1 Å². The number of fused-ring (bicyclic) bond motifs is 3. The number of nitrogens with zero attached hydrogens (tertiary/aromatic N) is 3. The number of hydrogen-bond acceptors (Lipinski definition) is 5. The maximum absolute atomic E-state index is 13.1. The monoisotopic (exact) mass is 459 g/mol. The zero-order chi connectivity index (χ0) is 23.7. The Hall–Kier alpha value is -3.65. The summed E-state index contributed by atoms with van der Waals surface area (Å²) < 4.78 is 7.45. The molecule has 3 heterocycles. The van der Waals surface area contributed by atoms with Gasteiger partial charge in [0, 0.05) is 50.0 Å². The number of likely N-dealkylation sites (N-methyl/N-ethyl adjacent to an activating group) is 1. The second kappa shape index (κ2) is 9.30. The lowest BCUT2D eigenvalue weighted by Gasteiger charge is -2.23. The molecule has 176 valence electrons. The minimum absolute atomic E-state index is 0.127. The highest BCUT2D eigenvalue weighted by Gasteiger charge is 2.22. The molecule has 0 atom stereocenters. The molecule has 4 aromatic rings. The fraction of sp³-hybridized carbons (Fsp3) is 0.346. The molecule has 1 saturated heterocycles. The number of H-pyrrole nitrogens is 1. The number of para-hydroxylation sites is 1. The molecule has 1 aliphatic heterocycles. The number of aryl methyl sites for hydroxylation is 1. The highest BCUT2D eigenvalue weighted by molar-refractivity contribution is 6.07.